The Balaban J connectivity index is 1.82. The van der Waals surface area contributed by atoms with Crippen LogP contribution < -0.4 is 5.32 Å². The first kappa shape index (κ1) is 11.2. The van der Waals surface area contributed by atoms with Crippen molar-refractivity contribution in [2.45, 2.75) is 13.1 Å². The molecular weight excluding hydrogens is 270 g/mol. The number of aromatic hydroxyl groups is 1. The minimum Gasteiger partial charge on any atom is -0.508 e. The Morgan fingerprint density at radius 2 is 1.81 bits per heavy atom. The molecule has 0 saturated heterocycles. The van der Waals surface area contributed by atoms with Gasteiger partial charge in [0.05, 0.1) is 6.54 Å². The number of halogens is 1. The summed E-state index contributed by atoms with van der Waals surface area (Å²) in [5, 5.41) is 12.4. The molecule has 0 aliphatic heterocycles. The zero-order valence-electron chi connectivity index (χ0n) is 8.61. The monoisotopic (exact) mass is 281 g/mol. The van der Waals surface area contributed by atoms with Crippen LogP contribution in [0.25, 0.3) is 0 Å². The van der Waals surface area contributed by atoms with E-state index in [0.717, 1.165) is 22.5 Å². The predicted molar refractivity (Wildman–Crippen MR) is 65.1 cm³/mol. The molecule has 2 aromatic rings. The Labute approximate surface area is 102 Å². The van der Waals surface area contributed by atoms with E-state index in [2.05, 4.69) is 21.2 Å². The summed E-state index contributed by atoms with van der Waals surface area (Å²) >= 11 is 3.25. The van der Waals surface area contributed by atoms with Gasteiger partial charge in [0.15, 0.2) is 4.67 Å². The van der Waals surface area contributed by atoms with E-state index in [0.29, 0.717) is 12.3 Å². The van der Waals surface area contributed by atoms with Gasteiger partial charge in [-0.25, -0.2) is 0 Å². The van der Waals surface area contributed by atoms with Crippen molar-refractivity contribution in [3.63, 3.8) is 0 Å². The summed E-state index contributed by atoms with van der Waals surface area (Å²) in [5.41, 5.74) is 1.13. The first-order valence-electron chi connectivity index (χ1n) is 4.97. The maximum atomic E-state index is 9.12. The number of phenolic OH excluding ortho intramolecular Hbond substituents is 1. The van der Waals surface area contributed by atoms with Crippen LogP contribution in [0.3, 0.4) is 0 Å². The highest BCUT2D eigenvalue weighted by atomic mass is 79.9. The Bertz CT molecular complexity index is 450. The Morgan fingerprint density at radius 1 is 1.06 bits per heavy atom. The van der Waals surface area contributed by atoms with E-state index in [1.54, 1.807) is 12.1 Å². The van der Waals surface area contributed by atoms with Crippen LogP contribution in [0.4, 0.5) is 0 Å². The van der Waals surface area contributed by atoms with E-state index in [9.17, 15) is 0 Å². The molecule has 0 unspecified atom stereocenters. The van der Waals surface area contributed by atoms with E-state index < -0.39 is 0 Å². The molecule has 0 radical (unpaired) electrons. The SMILES string of the molecule is Oc1ccc(CNCc2ccc(Br)o2)cc1. The molecule has 16 heavy (non-hydrogen) atoms. The van der Waals surface area contributed by atoms with Crippen molar-refractivity contribution in [1.29, 1.82) is 0 Å². The number of hydrogen-bond donors (Lipinski definition) is 2. The third-order valence-corrected chi connectivity index (χ3v) is 2.62. The number of phenols is 1. The van der Waals surface area contributed by atoms with Gasteiger partial charge in [-0.2, -0.15) is 0 Å². The van der Waals surface area contributed by atoms with E-state index in [-0.39, 0.29) is 0 Å². The number of furan rings is 1. The van der Waals surface area contributed by atoms with E-state index in [1.165, 1.54) is 0 Å². The third-order valence-electron chi connectivity index (χ3n) is 2.19. The van der Waals surface area contributed by atoms with Crippen molar-refractivity contribution in [2.75, 3.05) is 0 Å². The Kier molecular flexibility index (Phi) is 3.64. The van der Waals surface area contributed by atoms with Gasteiger partial charge in [0.25, 0.3) is 0 Å². The summed E-state index contributed by atoms with van der Waals surface area (Å²) in [5.74, 6) is 1.18. The van der Waals surface area contributed by atoms with Gasteiger partial charge in [0.1, 0.15) is 11.5 Å². The van der Waals surface area contributed by atoms with Crippen molar-refractivity contribution in [3.05, 3.63) is 52.4 Å². The third kappa shape index (κ3) is 3.12. The number of rotatable bonds is 4. The number of benzene rings is 1. The van der Waals surface area contributed by atoms with Gasteiger partial charge in [-0.1, -0.05) is 12.1 Å². The van der Waals surface area contributed by atoms with Crippen molar-refractivity contribution >= 4 is 15.9 Å². The first-order valence-corrected chi connectivity index (χ1v) is 5.76. The maximum absolute atomic E-state index is 9.12. The average Bonchev–Trinajstić information content (AvgIpc) is 2.67. The fraction of sp³-hybridized carbons (Fsp3) is 0.167. The molecule has 0 saturated carbocycles. The molecule has 1 aromatic carbocycles. The van der Waals surface area contributed by atoms with Crippen LogP contribution in [0.5, 0.6) is 5.75 Å². The fourth-order valence-electron chi connectivity index (χ4n) is 1.39. The smallest absolute Gasteiger partial charge is 0.169 e. The minimum atomic E-state index is 0.290. The highest BCUT2D eigenvalue weighted by molar-refractivity contribution is 9.10. The molecule has 2 N–H and O–H groups in total. The molecule has 3 nitrogen and oxygen atoms in total. The summed E-state index contributed by atoms with van der Waals surface area (Å²) < 4.78 is 6.10. The second kappa shape index (κ2) is 5.18. The van der Waals surface area contributed by atoms with Gasteiger partial charge in [-0.05, 0) is 45.8 Å². The topological polar surface area (TPSA) is 45.4 Å². The van der Waals surface area contributed by atoms with Crippen molar-refractivity contribution < 1.29 is 9.52 Å². The van der Waals surface area contributed by atoms with Gasteiger partial charge in [0.2, 0.25) is 0 Å². The van der Waals surface area contributed by atoms with Gasteiger partial charge in [0, 0.05) is 6.54 Å². The van der Waals surface area contributed by atoms with Crippen molar-refractivity contribution in [3.8, 4) is 5.75 Å². The van der Waals surface area contributed by atoms with Gasteiger partial charge < -0.3 is 14.8 Å². The lowest BCUT2D eigenvalue weighted by atomic mass is 10.2. The van der Waals surface area contributed by atoms with E-state index in [1.807, 2.05) is 24.3 Å². The molecule has 1 heterocycles. The average molecular weight is 282 g/mol. The maximum Gasteiger partial charge on any atom is 0.169 e. The quantitative estimate of drug-likeness (QED) is 0.906. The lowest BCUT2D eigenvalue weighted by Gasteiger charge is -2.03. The molecule has 1 aromatic heterocycles. The normalized spacial score (nSPS) is 10.6. The standard InChI is InChI=1S/C12H12BrNO2/c13-12-6-5-11(16-12)8-14-7-9-1-3-10(15)4-2-9/h1-6,14-15H,7-8H2. The summed E-state index contributed by atoms with van der Waals surface area (Å²) in [6, 6.07) is 10.9. The predicted octanol–water partition coefficient (Wildman–Crippen LogP) is 3.04. The molecule has 0 bridgehead atoms. The van der Waals surface area contributed by atoms with E-state index >= 15 is 0 Å². The van der Waals surface area contributed by atoms with Gasteiger partial charge >= 0.3 is 0 Å². The second-order valence-corrected chi connectivity index (χ2v) is 4.26. The minimum absolute atomic E-state index is 0.290. The largest absolute Gasteiger partial charge is 0.508 e. The zero-order valence-corrected chi connectivity index (χ0v) is 10.2. The highest BCUT2D eigenvalue weighted by Gasteiger charge is 1.99. The zero-order chi connectivity index (χ0) is 11.4. The molecule has 0 amide bonds. The van der Waals surface area contributed by atoms with Gasteiger partial charge in [-0.15, -0.1) is 0 Å². The first-order chi connectivity index (χ1) is 7.74. The summed E-state index contributed by atoms with van der Waals surface area (Å²) in [6.45, 7) is 1.44. The molecule has 84 valence electrons. The Morgan fingerprint density at radius 3 is 2.44 bits per heavy atom. The van der Waals surface area contributed by atoms with E-state index in [4.69, 9.17) is 9.52 Å². The van der Waals surface area contributed by atoms with Crippen LogP contribution in [0, 0.1) is 0 Å². The summed E-state index contributed by atoms with van der Waals surface area (Å²) in [7, 11) is 0. The van der Waals surface area contributed by atoms with Crippen LogP contribution in [0.15, 0.2) is 45.5 Å². The molecular formula is C12H12BrNO2. The molecule has 0 fully saturated rings. The molecule has 0 aliphatic carbocycles. The molecule has 0 atom stereocenters. The van der Waals surface area contributed by atoms with Crippen LogP contribution in [-0.2, 0) is 13.1 Å². The van der Waals surface area contributed by atoms with Crippen LogP contribution in [0.1, 0.15) is 11.3 Å². The van der Waals surface area contributed by atoms with Crippen LogP contribution in [-0.4, -0.2) is 5.11 Å². The molecule has 4 heteroatoms. The molecule has 0 spiro atoms. The van der Waals surface area contributed by atoms with Crippen LogP contribution in [0.2, 0.25) is 0 Å². The fourth-order valence-corrected chi connectivity index (χ4v) is 1.73. The molecule has 0 aliphatic rings. The lowest BCUT2D eigenvalue weighted by Crippen LogP contribution is -2.11. The van der Waals surface area contributed by atoms with Gasteiger partial charge in [-0.3, -0.25) is 0 Å². The van der Waals surface area contributed by atoms with Crippen LogP contribution >= 0.6 is 15.9 Å². The molecule has 2 rings (SSSR count). The summed E-state index contributed by atoms with van der Waals surface area (Å²) in [4.78, 5) is 0. The summed E-state index contributed by atoms with van der Waals surface area (Å²) in [6.07, 6.45) is 0. The Hall–Kier alpha value is -1.26. The highest BCUT2D eigenvalue weighted by Crippen LogP contribution is 2.14. The second-order valence-electron chi connectivity index (χ2n) is 3.48. The number of hydrogen-bond acceptors (Lipinski definition) is 3. The number of nitrogens with one attached hydrogen (secondary N) is 1. The van der Waals surface area contributed by atoms with Crippen molar-refractivity contribution in [1.82, 2.24) is 5.32 Å². The lowest BCUT2D eigenvalue weighted by molar-refractivity contribution is 0.464. The van der Waals surface area contributed by atoms with Crippen molar-refractivity contribution in [2.24, 2.45) is 0 Å².